The number of nitrogens with zero attached hydrogens (tertiary/aromatic N) is 3. The number of nitrogens with one attached hydrogen (secondary N) is 2. The van der Waals surface area contributed by atoms with Gasteiger partial charge in [0.05, 0.1) is 29.9 Å². The molecule has 0 spiro atoms. The number of aryl methyl sites for hydroxylation is 1. The van der Waals surface area contributed by atoms with E-state index >= 15 is 0 Å². The van der Waals surface area contributed by atoms with Crippen molar-refractivity contribution in [2.45, 2.75) is 6.92 Å². The van der Waals surface area contributed by atoms with E-state index in [-0.39, 0.29) is 5.91 Å². The lowest BCUT2D eigenvalue weighted by atomic mass is 10.1. The van der Waals surface area contributed by atoms with E-state index in [0.29, 0.717) is 33.7 Å². The van der Waals surface area contributed by atoms with Gasteiger partial charge in [0.15, 0.2) is 5.13 Å². The molecule has 8 nitrogen and oxygen atoms in total. The molecular weight excluding hydrogens is 474 g/mol. The number of thiazole rings is 1. The number of carbonyl (C=O) groups is 1. The van der Waals surface area contributed by atoms with Crippen LogP contribution < -0.4 is 10.1 Å². The van der Waals surface area contributed by atoms with Crippen molar-refractivity contribution >= 4 is 45.0 Å². The number of carbonyl (C=O) groups excluding carboxylic acids is 1. The number of aromatic nitrogens is 3. The standard InChI is InChI=1S/C24H24ClN5O3S/c1-15-13-16(25)14-18(21(15)33-11-8-30-6-9-32-10-7-30)22-27-19-4-2-3-17(20(19)28-22)23(31)29-24-26-5-12-34-24/h2-5,12-14H,6-11H2,1H3,(H,27,28)(H,26,29,31). The molecule has 0 radical (unpaired) electrons. The van der Waals surface area contributed by atoms with Gasteiger partial charge in [-0.25, -0.2) is 9.97 Å². The lowest BCUT2D eigenvalue weighted by molar-refractivity contribution is 0.0322. The Morgan fingerprint density at radius 3 is 2.97 bits per heavy atom. The number of hydrogen-bond donors (Lipinski definition) is 2. The molecule has 2 N–H and O–H groups in total. The number of rotatable bonds is 7. The molecule has 34 heavy (non-hydrogen) atoms. The van der Waals surface area contributed by atoms with E-state index in [1.54, 1.807) is 12.3 Å². The van der Waals surface area contributed by atoms with Gasteiger partial charge in [0.2, 0.25) is 0 Å². The van der Waals surface area contributed by atoms with Crippen LogP contribution in [0.1, 0.15) is 15.9 Å². The zero-order valence-electron chi connectivity index (χ0n) is 18.6. The summed E-state index contributed by atoms with van der Waals surface area (Å²) in [6.45, 7) is 6.64. The lowest BCUT2D eigenvalue weighted by Gasteiger charge is -2.26. The highest BCUT2D eigenvalue weighted by molar-refractivity contribution is 7.13. The van der Waals surface area contributed by atoms with Gasteiger partial charge in [0.1, 0.15) is 23.7 Å². The Kier molecular flexibility index (Phi) is 6.77. The number of amides is 1. The van der Waals surface area contributed by atoms with Crippen LogP contribution in [-0.4, -0.2) is 65.2 Å². The van der Waals surface area contributed by atoms with Crippen molar-refractivity contribution in [3.8, 4) is 17.1 Å². The first-order valence-corrected chi connectivity index (χ1v) is 12.3. The highest BCUT2D eigenvalue weighted by Crippen LogP contribution is 2.36. The summed E-state index contributed by atoms with van der Waals surface area (Å²) in [6, 6.07) is 9.18. The van der Waals surface area contributed by atoms with Crippen LogP contribution in [0.5, 0.6) is 5.75 Å². The van der Waals surface area contributed by atoms with Crippen molar-refractivity contribution in [3.63, 3.8) is 0 Å². The van der Waals surface area contributed by atoms with Crippen LogP contribution in [0.3, 0.4) is 0 Å². The molecule has 0 saturated carbocycles. The first-order valence-electron chi connectivity index (χ1n) is 11.0. The minimum Gasteiger partial charge on any atom is -0.491 e. The lowest BCUT2D eigenvalue weighted by Crippen LogP contribution is -2.38. The third-order valence-electron chi connectivity index (χ3n) is 5.66. The largest absolute Gasteiger partial charge is 0.491 e. The van der Waals surface area contributed by atoms with Crippen molar-refractivity contribution in [1.82, 2.24) is 19.9 Å². The van der Waals surface area contributed by atoms with Crippen molar-refractivity contribution in [3.05, 3.63) is 58.1 Å². The van der Waals surface area contributed by atoms with Gasteiger partial charge >= 0.3 is 0 Å². The number of H-pyrrole nitrogens is 1. The van der Waals surface area contributed by atoms with Crippen LogP contribution in [0.2, 0.25) is 5.02 Å². The first kappa shape index (κ1) is 22.8. The first-order chi connectivity index (χ1) is 16.6. The Morgan fingerprint density at radius 2 is 2.18 bits per heavy atom. The highest BCUT2D eigenvalue weighted by Gasteiger charge is 2.19. The topological polar surface area (TPSA) is 92.4 Å². The number of ether oxygens (including phenoxy) is 2. The highest BCUT2D eigenvalue weighted by atomic mass is 35.5. The number of hydrogen-bond acceptors (Lipinski definition) is 7. The van der Waals surface area contributed by atoms with E-state index in [4.69, 9.17) is 26.1 Å². The zero-order chi connectivity index (χ0) is 23.5. The molecule has 0 unspecified atom stereocenters. The summed E-state index contributed by atoms with van der Waals surface area (Å²) < 4.78 is 11.7. The fourth-order valence-electron chi connectivity index (χ4n) is 3.99. The minimum atomic E-state index is -0.261. The van der Waals surface area contributed by atoms with Gasteiger partial charge in [-0.05, 0) is 36.8 Å². The SMILES string of the molecule is Cc1cc(Cl)cc(-c2nc3c(C(=O)Nc4nccs4)cccc3[nH]2)c1OCCN1CCOCC1. The fourth-order valence-corrected chi connectivity index (χ4v) is 4.79. The molecule has 4 aromatic rings. The van der Waals surface area contributed by atoms with E-state index in [0.717, 1.165) is 55.2 Å². The van der Waals surface area contributed by atoms with Gasteiger partial charge in [-0.2, -0.15) is 0 Å². The molecule has 1 aliphatic rings. The summed E-state index contributed by atoms with van der Waals surface area (Å²) in [5, 5.41) is 5.77. The van der Waals surface area contributed by atoms with Crippen LogP contribution in [0.25, 0.3) is 22.4 Å². The average Bonchev–Trinajstić information content (AvgIpc) is 3.50. The second-order valence-electron chi connectivity index (χ2n) is 7.98. The van der Waals surface area contributed by atoms with Gasteiger partial charge in [0, 0.05) is 36.2 Å². The quantitative estimate of drug-likeness (QED) is 0.387. The molecule has 1 amide bonds. The number of benzene rings is 2. The van der Waals surface area contributed by atoms with Crippen molar-refractivity contribution in [1.29, 1.82) is 0 Å². The summed E-state index contributed by atoms with van der Waals surface area (Å²) in [5.41, 5.74) is 3.46. The number of para-hydroxylation sites is 1. The van der Waals surface area contributed by atoms with E-state index in [9.17, 15) is 4.79 Å². The number of fused-ring (bicyclic) bond motifs is 1. The van der Waals surface area contributed by atoms with E-state index in [2.05, 4.69) is 20.2 Å². The normalized spacial score (nSPS) is 14.4. The second kappa shape index (κ2) is 10.1. The average molecular weight is 498 g/mol. The van der Waals surface area contributed by atoms with Gasteiger partial charge in [-0.15, -0.1) is 11.3 Å². The summed E-state index contributed by atoms with van der Waals surface area (Å²) in [4.78, 5) is 27.4. The molecule has 0 atom stereocenters. The predicted molar refractivity (Wildman–Crippen MR) is 134 cm³/mol. The molecular formula is C24H24ClN5O3S. The molecule has 176 valence electrons. The fraction of sp³-hybridized carbons (Fsp3) is 0.292. The molecule has 10 heteroatoms. The van der Waals surface area contributed by atoms with E-state index < -0.39 is 0 Å². The molecule has 1 fully saturated rings. The number of aromatic amines is 1. The molecule has 1 aliphatic heterocycles. The van der Waals surface area contributed by atoms with Gasteiger partial charge in [0.25, 0.3) is 5.91 Å². The zero-order valence-corrected chi connectivity index (χ0v) is 20.2. The Morgan fingerprint density at radius 1 is 1.32 bits per heavy atom. The Labute approximate surface area is 205 Å². The molecule has 3 heterocycles. The maximum Gasteiger partial charge on any atom is 0.259 e. The van der Waals surface area contributed by atoms with Gasteiger partial charge in [-0.1, -0.05) is 17.7 Å². The van der Waals surface area contributed by atoms with Gasteiger partial charge < -0.3 is 14.5 Å². The summed E-state index contributed by atoms with van der Waals surface area (Å²) in [7, 11) is 0. The number of morpholine rings is 1. The van der Waals surface area contributed by atoms with E-state index in [1.807, 2.05) is 36.6 Å². The van der Waals surface area contributed by atoms with Crippen LogP contribution in [-0.2, 0) is 4.74 Å². The van der Waals surface area contributed by atoms with Gasteiger partial charge in [-0.3, -0.25) is 15.0 Å². The summed E-state index contributed by atoms with van der Waals surface area (Å²) in [6.07, 6.45) is 1.65. The molecule has 0 bridgehead atoms. The van der Waals surface area contributed by atoms with E-state index in [1.165, 1.54) is 11.3 Å². The Balaban J connectivity index is 1.44. The van der Waals surface area contributed by atoms with Crippen molar-refractivity contribution in [2.75, 3.05) is 44.8 Å². The van der Waals surface area contributed by atoms with Crippen LogP contribution in [0.15, 0.2) is 41.9 Å². The maximum atomic E-state index is 12.9. The van der Waals surface area contributed by atoms with Crippen molar-refractivity contribution in [2.24, 2.45) is 0 Å². The van der Waals surface area contributed by atoms with Crippen LogP contribution in [0.4, 0.5) is 5.13 Å². The third-order valence-corrected chi connectivity index (χ3v) is 6.57. The Hall–Kier alpha value is -2.98. The number of halogens is 1. The smallest absolute Gasteiger partial charge is 0.259 e. The number of imidazole rings is 1. The summed E-state index contributed by atoms with van der Waals surface area (Å²) >= 11 is 7.76. The van der Waals surface area contributed by atoms with Crippen LogP contribution in [0, 0.1) is 6.92 Å². The summed E-state index contributed by atoms with van der Waals surface area (Å²) in [5.74, 6) is 1.06. The monoisotopic (exact) mass is 497 g/mol. The van der Waals surface area contributed by atoms with Crippen molar-refractivity contribution < 1.29 is 14.3 Å². The maximum absolute atomic E-state index is 12.9. The molecule has 2 aromatic carbocycles. The molecule has 2 aromatic heterocycles. The minimum absolute atomic E-state index is 0.261. The predicted octanol–water partition coefficient (Wildman–Crippen LogP) is 4.61. The molecule has 5 rings (SSSR count). The van der Waals surface area contributed by atoms with Crippen LogP contribution >= 0.6 is 22.9 Å². The molecule has 1 saturated heterocycles. The third kappa shape index (κ3) is 4.92. The molecule has 0 aliphatic carbocycles. The number of anilines is 1. The second-order valence-corrected chi connectivity index (χ2v) is 9.31. The Bertz CT molecular complexity index is 1300.